The van der Waals surface area contributed by atoms with Crippen molar-refractivity contribution in [2.24, 2.45) is 17.8 Å². The fourth-order valence-electron chi connectivity index (χ4n) is 8.82. The first-order valence-electron chi connectivity index (χ1n) is 17.4. The Morgan fingerprint density at radius 3 is 2.75 bits per heavy atom. The molecule has 1 aromatic heterocycles. The number of rotatable bonds is 2. The smallest absolute Gasteiger partial charge is 0.262 e. The van der Waals surface area contributed by atoms with E-state index in [2.05, 4.69) is 44.5 Å². The summed E-state index contributed by atoms with van der Waals surface area (Å²) in [4.78, 5) is 24.7. The van der Waals surface area contributed by atoms with Crippen molar-refractivity contribution < 1.29 is 18.8 Å². The average Bonchev–Trinajstić information content (AvgIpc) is 3.19. The maximum Gasteiger partial charge on any atom is 0.262 e. The van der Waals surface area contributed by atoms with Crippen molar-refractivity contribution in [3.63, 3.8) is 0 Å². The van der Waals surface area contributed by atoms with Gasteiger partial charge >= 0.3 is 0 Å². The van der Waals surface area contributed by atoms with E-state index in [4.69, 9.17) is 16.3 Å². The second-order valence-corrected chi connectivity index (χ2v) is 17.8. The van der Waals surface area contributed by atoms with E-state index in [0.717, 1.165) is 73.6 Å². The van der Waals surface area contributed by atoms with Crippen LogP contribution >= 0.6 is 11.6 Å². The number of nitrogens with zero attached hydrogens (tertiary/aromatic N) is 3. The largest absolute Gasteiger partial charge is 0.490 e. The van der Waals surface area contributed by atoms with E-state index in [1.165, 1.54) is 11.1 Å². The van der Waals surface area contributed by atoms with Crippen LogP contribution in [0.15, 0.2) is 55.0 Å². The fraction of sp³-hybridized carbons (Fsp3) is 0.526. The Labute approximate surface area is 289 Å². The van der Waals surface area contributed by atoms with Crippen LogP contribution in [0.1, 0.15) is 86.0 Å². The molecule has 256 valence electrons. The lowest BCUT2D eigenvalue weighted by Crippen LogP contribution is -2.54. The molecule has 2 aromatic carbocycles. The van der Waals surface area contributed by atoms with E-state index in [1.807, 2.05) is 31.2 Å². The lowest BCUT2D eigenvalue weighted by molar-refractivity contribution is -0.0886. The molecule has 3 aromatic rings. The molecule has 10 heteroatoms. The van der Waals surface area contributed by atoms with Gasteiger partial charge in [-0.25, -0.2) is 14.2 Å². The number of hydrogen-bond acceptors (Lipinski definition) is 7. The molecule has 8 nitrogen and oxygen atoms in total. The first-order chi connectivity index (χ1) is 23.0. The number of anilines is 1. The third-order valence-corrected chi connectivity index (χ3v) is 14.4. The Kier molecular flexibility index (Phi) is 9.00. The minimum atomic E-state index is -2.96. The van der Waals surface area contributed by atoms with Gasteiger partial charge in [0.25, 0.3) is 5.91 Å². The summed E-state index contributed by atoms with van der Waals surface area (Å²) in [5.74, 6) is 4.72. The molecule has 1 amide bonds. The van der Waals surface area contributed by atoms with Gasteiger partial charge in [0.05, 0.1) is 27.6 Å². The van der Waals surface area contributed by atoms with Crippen molar-refractivity contribution >= 4 is 38.8 Å². The maximum atomic E-state index is 13.9. The Hall–Kier alpha value is -3.14. The van der Waals surface area contributed by atoms with Crippen molar-refractivity contribution in [2.75, 3.05) is 24.6 Å². The Bertz CT molecular complexity index is 1790. The standard InChI is InChI=1S/C38H47ClN4O4S/c1-25-6-4-16-38(45,20-31-14-17-40-24-41-31)33-11-8-29(33)21-43-22-37(15-5-7-27-18-30(39)10-12-32(27)37)23-47-35-13-9-28(19-34(35)43)36(44)42-48(3,46)26(25)2/h9-10,12-14,17-19,24-26,29,33,45H,3-8,11,15-16,20-23H2,1-2H3,(H,42,44,46)/t25-,26+,29-,33+,37-,38-,48?/m0/s1. The Morgan fingerprint density at radius 2 is 1.98 bits per heavy atom. The van der Waals surface area contributed by atoms with Gasteiger partial charge in [-0.3, -0.25) is 9.52 Å². The number of fused-ring (bicyclic) bond motifs is 4. The van der Waals surface area contributed by atoms with Crippen molar-refractivity contribution in [3.05, 3.63) is 82.4 Å². The van der Waals surface area contributed by atoms with Crippen LogP contribution in [-0.2, 0) is 28.0 Å². The van der Waals surface area contributed by atoms with Gasteiger partial charge in [0.1, 0.15) is 12.1 Å². The quantitative estimate of drug-likeness (QED) is 0.310. The number of benzene rings is 2. The van der Waals surface area contributed by atoms with Gasteiger partial charge in [0.15, 0.2) is 0 Å². The molecule has 1 unspecified atom stereocenters. The SMILES string of the molecule is C=S1(=O)NC(=O)c2ccc3c(c2)N(C[C@@H]2CC[C@H]2[C@@](O)(Cc2ccncn2)CCC[C@H](C)[C@H]1C)C[C@@]1(CCCc2cc(Cl)ccc21)CO3. The highest BCUT2D eigenvalue weighted by Crippen LogP contribution is 2.49. The Morgan fingerprint density at radius 1 is 1.12 bits per heavy atom. The van der Waals surface area contributed by atoms with Crippen LogP contribution in [0, 0.1) is 17.8 Å². The summed E-state index contributed by atoms with van der Waals surface area (Å²) in [6, 6.07) is 13.7. The average molecular weight is 691 g/mol. The van der Waals surface area contributed by atoms with Crippen LogP contribution in [0.4, 0.5) is 5.69 Å². The number of amides is 1. The van der Waals surface area contributed by atoms with Crippen LogP contribution in [0.3, 0.4) is 0 Å². The number of ether oxygens (including phenoxy) is 1. The van der Waals surface area contributed by atoms with Crippen molar-refractivity contribution in [3.8, 4) is 5.75 Å². The molecule has 2 aliphatic heterocycles. The summed E-state index contributed by atoms with van der Waals surface area (Å²) in [6.07, 6.45) is 10.8. The van der Waals surface area contributed by atoms with E-state index in [0.29, 0.717) is 31.6 Å². The summed E-state index contributed by atoms with van der Waals surface area (Å²) >= 11 is 6.46. The summed E-state index contributed by atoms with van der Waals surface area (Å²) in [6.45, 7) is 5.92. The van der Waals surface area contributed by atoms with E-state index in [-0.39, 0.29) is 34.3 Å². The molecular formula is C38H47ClN4O4S. The molecule has 1 fully saturated rings. The molecule has 4 aliphatic rings. The fourth-order valence-corrected chi connectivity index (χ4v) is 10.5. The summed E-state index contributed by atoms with van der Waals surface area (Å²) in [7, 11) is -2.96. The number of aryl methyl sites for hydroxylation is 1. The van der Waals surface area contributed by atoms with Crippen LogP contribution < -0.4 is 14.4 Å². The first-order valence-corrected chi connectivity index (χ1v) is 19.6. The zero-order chi connectivity index (χ0) is 33.7. The zero-order valence-corrected chi connectivity index (χ0v) is 29.6. The van der Waals surface area contributed by atoms with Gasteiger partial charge in [0, 0.05) is 52.7 Å². The molecule has 7 rings (SSSR count). The third-order valence-electron chi connectivity index (χ3n) is 11.9. The van der Waals surface area contributed by atoms with Crippen molar-refractivity contribution in [1.29, 1.82) is 0 Å². The van der Waals surface area contributed by atoms with Gasteiger partial charge in [0.2, 0.25) is 0 Å². The Balaban J connectivity index is 1.31. The molecule has 0 saturated heterocycles. The number of hydrogen-bond donors (Lipinski definition) is 2. The van der Waals surface area contributed by atoms with Crippen molar-refractivity contribution in [2.45, 2.75) is 87.9 Å². The molecule has 1 saturated carbocycles. The molecule has 48 heavy (non-hydrogen) atoms. The van der Waals surface area contributed by atoms with Crippen LogP contribution in [0.25, 0.3) is 0 Å². The van der Waals surface area contributed by atoms with Gasteiger partial charge < -0.3 is 14.7 Å². The summed E-state index contributed by atoms with van der Waals surface area (Å²) in [5.41, 5.74) is 3.47. The molecule has 1 spiro atoms. The second-order valence-electron chi connectivity index (χ2n) is 14.9. The zero-order valence-electron chi connectivity index (χ0n) is 28.0. The monoisotopic (exact) mass is 690 g/mol. The molecule has 0 radical (unpaired) electrons. The number of nitrogens with one attached hydrogen (secondary N) is 1. The van der Waals surface area contributed by atoms with Gasteiger partial charge in [-0.15, -0.1) is 0 Å². The normalized spacial score (nSPS) is 33.8. The predicted molar refractivity (Wildman–Crippen MR) is 192 cm³/mol. The highest BCUT2D eigenvalue weighted by molar-refractivity contribution is 7.99. The minimum absolute atomic E-state index is 0.0315. The van der Waals surface area contributed by atoms with E-state index < -0.39 is 15.3 Å². The summed E-state index contributed by atoms with van der Waals surface area (Å²) in [5, 5.41) is 13.0. The molecule has 2 N–H and O–H groups in total. The maximum absolute atomic E-state index is 13.9. The summed E-state index contributed by atoms with van der Waals surface area (Å²) < 4.78 is 23.4. The first kappa shape index (κ1) is 33.4. The van der Waals surface area contributed by atoms with Crippen LogP contribution in [-0.4, -0.2) is 61.6 Å². The van der Waals surface area contributed by atoms with Gasteiger partial charge in [-0.1, -0.05) is 31.0 Å². The lowest BCUT2D eigenvalue weighted by Gasteiger charge is -2.50. The molecule has 3 heterocycles. The third kappa shape index (κ3) is 6.34. The number of aliphatic hydroxyl groups is 1. The van der Waals surface area contributed by atoms with Crippen LogP contribution in [0.5, 0.6) is 5.75 Å². The molecular weight excluding hydrogens is 644 g/mol. The topological polar surface area (TPSA) is 105 Å². The van der Waals surface area contributed by atoms with Crippen LogP contribution in [0.2, 0.25) is 5.02 Å². The second kappa shape index (κ2) is 13.0. The minimum Gasteiger partial charge on any atom is -0.490 e. The highest BCUT2D eigenvalue weighted by Gasteiger charge is 2.49. The molecule has 2 aliphatic carbocycles. The highest BCUT2D eigenvalue weighted by atomic mass is 35.5. The van der Waals surface area contributed by atoms with Gasteiger partial charge in [-0.2, -0.15) is 0 Å². The number of carbonyl (C=O) groups is 1. The van der Waals surface area contributed by atoms with E-state index >= 15 is 0 Å². The van der Waals surface area contributed by atoms with E-state index in [1.54, 1.807) is 18.6 Å². The number of halogens is 1. The predicted octanol–water partition coefficient (Wildman–Crippen LogP) is 6.17. The van der Waals surface area contributed by atoms with E-state index in [9.17, 15) is 14.1 Å². The van der Waals surface area contributed by atoms with Gasteiger partial charge in [-0.05, 0) is 123 Å². The lowest BCUT2D eigenvalue weighted by atomic mass is 9.61. The number of carbonyl (C=O) groups excluding carboxylic acids is 1. The molecule has 2 bridgehead atoms. The number of aromatic nitrogens is 2. The van der Waals surface area contributed by atoms with Crippen molar-refractivity contribution in [1.82, 2.24) is 14.7 Å². The molecule has 7 atom stereocenters.